The SMILES string of the molecule is C=CCO[C@@H]1OC(CO[C@@H]2OC(CO[C@@H]3OC(CO[C@@H]4OC(CO)[C@@H](C)[C@H](C)C4NC(=O)OCC(Cl)(Cl)Cl)[C@@H](C)[C@H](C)C3NC(=O)OCC(Cl)(Cl)Cl)[C@@H](C)[C@H](C)C2C)[C@@H](C)[C@H](C)C1C. The number of hydrogen-bond acceptors (Lipinski definition) is 13. The Bertz CT molecular complexity index is 1480. The molecule has 0 aromatic carbocycles. The van der Waals surface area contributed by atoms with E-state index in [2.05, 4.69) is 58.8 Å². The molecule has 0 bridgehead atoms. The van der Waals surface area contributed by atoms with Gasteiger partial charge in [-0.25, -0.2) is 9.59 Å². The fraction of sp³-hybridized carbons (Fsp3) is 0.907. The average Bonchev–Trinajstić information content (AvgIpc) is 3.23. The maximum Gasteiger partial charge on any atom is 0.407 e. The van der Waals surface area contributed by atoms with Gasteiger partial charge in [0.05, 0.1) is 69.5 Å². The number of nitrogens with one attached hydrogen (secondary N) is 2. The van der Waals surface area contributed by atoms with Crippen molar-refractivity contribution in [1.29, 1.82) is 0 Å². The maximum atomic E-state index is 13.1. The Kier molecular flexibility index (Phi) is 22.0. The van der Waals surface area contributed by atoms with Crippen molar-refractivity contribution in [2.24, 2.45) is 59.2 Å². The van der Waals surface area contributed by atoms with Crippen LogP contribution in [0.2, 0.25) is 0 Å². The van der Waals surface area contributed by atoms with Crippen LogP contribution in [0.5, 0.6) is 0 Å². The van der Waals surface area contributed by atoms with E-state index in [1.54, 1.807) is 6.08 Å². The summed E-state index contributed by atoms with van der Waals surface area (Å²) in [6.07, 6.45) is -4.77. The Morgan fingerprint density at radius 3 is 1.22 bits per heavy atom. The monoisotopic (exact) mass is 1030 g/mol. The van der Waals surface area contributed by atoms with Gasteiger partial charge in [-0.3, -0.25) is 0 Å². The number of aliphatic hydroxyl groups is 1. The summed E-state index contributed by atoms with van der Waals surface area (Å²) in [5, 5.41) is 15.8. The third-order valence-corrected chi connectivity index (χ3v) is 14.9. The second-order valence-corrected chi connectivity index (χ2v) is 23.3. The van der Waals surface area contributed by atoms with Crippen LogP contribution in [0.4, 0.5) is 9.59 Å². The molecule has 0 aliphatic carbocycles. The number of alkyl carbamates (subject to hydrolysis) is 2. The van der Waals surface area contributed by atoms with Gasteiger partial charge >= 0.3 is 12.2 Å². The molecular formula is C43H70Cl6N2O13. The van der Waals surface area contributed by atoms with Crippen LogP contribution < -0.4 is 10.6 Å². The van der Waals surface area contributed by atoms with E-state index in [9.17, 15) is 14.7 Å². The molecule has 0 aromatic heterocycles. The number of alkyl halides is 6. The smallest absolute Gasteiger partial charge is 0.407 e. The number of hydrogen-bond donors (Lipinski definition) is 3. The quantitative estimate of drug-likeness (QED) is 0.0938. The molecule has 15 nitrogen and oxygen atoms in total. The summed E-state index contributed by atoms with van der Waals surface area (Å²) < 4.78 is 58.1. The normalized spacial score (nSPS) is 40.9. The summed E-state index contributed by atoms with van der Waals surface area (Å²) in [6.45, 7) is 23.9. The fourth-order valence-corrected chi connectivity index (χ4v) is 9.12. The highest BCUT2D eigenvalue weighted by molar-refractivity contribution is 6.68. The van der Waals surface area contributed by atoms with Gasteiger partial charge in [0.1, 0.15) is 13.2 Å². The first-order valence-electron chi connectivity index (χ1n) is 22.2. The lowest BCUT2D eigenvalue weighted by atomic mass is 9.78. The Morgan fingerprint density at radius 2 is 0.844 bits per heavy atom. The van der Waals surface area contributed by atoms with Gasteiger partial charge in [0.25, 0.3) is 0 Å². The van der Waals surface area contributed by atoms with Crippen LogP contribution in [0, 0.1) is 59.2 Å². The number of aliphatic hydroxyl groups excluding tert-OH is 1. The molecular weight excluding hydrogens is 965 g/mol. The van der Waals surface area contributed by atoms with Crippen molar-refractivity contribution in [3.05, 3.63) is 12.7 Å². The summed E-state index contributed by atoms with van der Waals surface area (Å²) in [4.78, 5) is 26.0. The van der Waals surface area contributed by atoms with Crippen LogP contribution in [0.15, 0.2) is 12.7 Å². The highest BCUT2D eigenvalue weighted by Gasteiger charge is 2.48. The van der Waals surface area contributed by atoms with Gasteiger partial charge < -0.3 is 63.1 Å². The van der Waals surface area contributed by atoms with Crippen LogP contribution in [0.3, 0.4) is 0 Å². The second kappa shape index (κ2) is 25.0. The zero-order valence-corrected chi connectivity index (χ0v) is 42.9. The molecule has 0 saturated carbocycles. The van der Waals surface area contributed by atoms with Gasteiger partial charge in [0, 0.05) is 11.8 Å². The van der Waals surface area contributed by atoms with Gasteiger partial charge in [-0.2, -0.15) is 0 Å². The van der Waals surface area contributed by atoms with E-state index >= 15 is 0 Å². The number of carbonyl (C=O) groups excluding carboxylic acids is 2. The van der Waals surface area contributed by atoms with Crippen LogP contribution in [-0.4, -0.2) is 133 Å². The molecule has 4 aliphatic heterocycles. The first-order valence-corrected chi connectivity index (χ1v) is 24.4. The van der Waals surface area contributed by atoms with Crippen molar-refractivity contribution < 1.29 is 62.1 Å². The minimum atomic E-state index is -1.82. The highest BCUT2D eigenvalue weighted by atomic mass is 35.6. The molecule has 372 valence electrons. The number of amides is 2. The second-order valence-electron chi connectivity index (χ2n) is 18.3. The van der Waals surface area contributed by atoms with Crippen molar-refractivity contribution in [3.8, 4) is 0 Å². The van der Waals surface area contributed by atoms with E-state index in [-0.39, 0.29) is 85.5 Å². The zero-order valence-electron chi connectivity index (χ0n) is 38.4. The molecule has 4 saturated heterocycles. The molecule has 4 aliphatic rings. The van der Waals surface area contributed by atoms with E-state index in [1.165, 1.54) is 0 Å². The standard InChI is InChI=1S/C43H70Cl6N2O13/c1-12-13-55-36-28(10)20(2)22(4)31(62-36)15-56-37-29(11)21(3)23(5)32(63-37)16-58-39-35(51-41(54)60-19-43(47,48)49)27(9)25(7)33(64-39)17-57-38-34(26(8)24(6)30(14-52)61-38)50-40(53)59-18-42(44,45)46/h12,20-39,52H,1,13-19H2,2-11H3,(H,50,53)(H,51,54)/t20-,21-,22-,23-,24-,25-,26-,27-,28?,29?,30?,31?,32?,33?,34?,35?,36+,37+,38+,39+/m0/s1. The topological polar surface area (TPSA) is 171 Å². The largest absolute Gasteiger partial charge is 0.445 e. The molecule has 2 amide bonds. The van der Waals surface area contributed by atoms with Crippen molar-refractivity contribution in [3.63, 3.8) is 0 Å². The average molecular weight is 1040 g/mol. The summed E-state index contributed by atoms with van der Waals surface area (Å²) in [7, 11) is 0. The number of carbonyl (C=O) groups is 2. The number of ether oxygens (including phenoxy) is 10. The van der Waals surface area contributed by atoms with Crippen molar-refractivity contribution >= 4 is 81.8 Å². The Labute approximate surface area is 409 Å². The summed E-state index contributed by atoms with van der Waals surface area (Å²) in [5.74, 6) is 0.0991. The Balaban J connectivity index is 1.50. The lowest BCUT2D eigenvalue weighted by Gasteiger charge is -2.48. The molecule has 4 fully saturated rings. The van der Waals surface area contributed by atoms with E-state index in [4.69, 9.17) is 117 Å². The van der Waals surface area contributed by atoms with Crippen molar-refractivity contribution in [2.45, 2.75) is 138 Å². The van der Waals surface area contributed by atoms with Crippen molar-refractivity contribution in [2.75, 3.05) is 46.2 Å². The molecule has 64 heavy (non-hydrogen) atoms. The minimum absolute atomic E-state index is 0.0274. The van der Waals surface area contributed by atoms with Crippen molar-refractivity contribution in [1.82, 2.24) is 10.6 Å². The van der Waals surface area contributed by atoms with Gasteiger partial charge in [0.2, 0.25) is 7.59 Å². The van der Waals surface area contributed by atoms with Gasteiger partial charge in [-0.15, -0.1) is 6.58 Å². The van der Waals surface area contributed by atoms with Crippen LogP contribution in [0.25, 0.3) is 0 Å². The Morgan fingerprint density at radius 1 is 0.516 bits per heavy atom. The van der Waals surface area contributed by atoms with Crippen LogP contribution in [-0.2, 0) is 47.4 Å². The summed E-state index contributed by atoms with van der Waals surface area (Å²) in [6, 6.07) is -1.45. The molecule has 8 unspecified atom stereocenters. The molecule has 4 heterocycles. The predicted molar refractivity (Wildman–Crippen MR) is 244 cm³/mol. The van der Waals surface area contributed by atoms with Crippen LogP contribution in [0.1, 0.15) is 69.2 Å². The van der Waals surface area contributed by atoms with E-state index in [1.807, 2.05) is 27.7 Å². The first kappa shape index (κ1) is 56.2. The van der Waals surface area contributed by atoms with Gasteiger partial charge in [-0.05, 0) is 47.3 Å². The fourth-order valence-electron chi connectivity index (χ4n) is 8.79. The lowest BCUT2D eigenvalue weighted by molar-refractivity contribution is -0.306. The molecule has 0 aromatic rings. The Hall–Kier alpha value is -0.340. The maximum absolute atomic E-state index is 13.1. The lowest BCUT2D eigenvalue weighted by Crippen LogP contribution is -2.61. The van der Waals surface area contributed by atoms with Crippen LogP contribution >= 0.6 is 69.6 Å². The predicted octanol–water partition coefficient (Wildman–Crippen LogP) is 8.42. The third kappa shape index (κ3) is 15.6. The van der Waals surface area contributed by atoms with E-state index < -0.39 is 82.3 Å². The van der Waals surface area contributed by atoms with E-state index in [0.29, 0.717) is 19.1 Å². The molecule has 0 radical (unpaired) electrons. The first-order chi connectivity index (χ1) is 29.9. The van der Waals surface area contributed by atoms with Gasteiger partial charge in [-0.1, -0.05) is 145 Å². The zero-order chi connectivity index (χ0) is 47.8. The number of halogens is 6. The molecule has 3 N–H and O–H groups in total. The van der Waals surface area contributed by atoms with E-state index in [0.717, 1.165) is 0 Å². The summed E-state index contributed by atoms with van der Waals surface area (Å²) in [5.41, 5.74) is 0. The minimum Gasteiger partial charge on any atom is -0.445 e. The molecule has 0 spiro atoms. The summed E-state index contributed by atoms with van der Waals surface area (Å²) >= 11 is 35.0. The molecule has 20 atom stereocenters. The highest BCUT2D eigenvalue weighted by Crippen LogP contribution is 2.40. The number of rotatable bonds is 17. The molecule has 21 heteroatoms. The molecule has 4 rings (SSSR count). The third-order valence-electron chi connectivity index (χ3n) is 14.3. The van der Waals surface area contributed by atoms with Gasteiger partial charge in [0.15, 0.2) is 25.2 Å².